The molecule has 0 saturated heterocycles. The zero-order valence-electron chi connectivity index (χ0n) is 29.6. The molecule has 0 radical (unpaired) electrons. The third-order valence-electron chi connectivity index (χ3n) is 8.33. The molecule has 0 unspecified atom stereocenters. The maximum absolute atomic E-state index is 9.03. The number of para-hydroxylation sites is 1. The second kappa shape index (κ2) is 8.77. The summed E-state index contributed by atoms with van der Waals surface area (Å²) in [4.78, 5) is 2.36. The summed E-state index contributed by atoms with van der Waals surface area (Å²) in [6.45, 7) is 21.8. The van der Waals surface area contributed by atoms with Gasteiger partial charge in [-0.05, 0) is 98.2 Å². The molecule has 4 aromatic rings. The van der Waals surface area contributed by atoms with E-state index in [2.05, 4.69) is 117 Å². The molecular formula is C37H42BNO. The van der Waals surface area contributed by atoms with Crippen molar-refractivity contribution in [1.29, 1.82) is 0 Å². The summed E-state index contributed by atoms with van der Waals surface area (Å²) in [6, 6.07) is 17.0. The summed E-state index contributed by atoms with van der Waals surface area (Å²) in [5.74, 6) is 0.857. The molecule has 0 amide bonds. The Morgan fingerprint density at radius 3 is 1.90 bits per heavy atom. The number of rotatable bonds is 1. The van der Waals surface area contributed by atoms with Gasteiger partial charge in [-0.15, -0.1) is 0 Å². The van der Waals surface area contributed by atoms with E-state index in [1.165, 1.54) is 16.7 Å². The van der Waals surface area contributed by atoms with E-state index in [1.54, 1.807) is 0 Å². The first-order valence-corrected chi connectivity index (χ1v) is 14.3. The highest BCUT2D eigenvalue weighted by Crippen LogP contribution is 2.44. The first-order chi connectivity index (χ1) is 20.3. The fourth-order valence-corrected chi connectivity index (χ4v) is 5.93. The fourth-order valence-electron chi connectivity index (χ4n) is 5.93. The number of nitrogens with zero attached hydrogens (tertiary/aromatic N) is 1. The summed E-state index contributed by atoms with van der Waals surface area (Å²) in [5.41, 5.74) is 10.0. The minimum atomic E-state index is -0.404. The number of anilines is 3. The van der Waals surface area contributed by atoms with E-state index >= 15 is 0 Å². The van der Waals surface area contributed by atoms with Crippen molar-refractivity contribution in [2.24, 2.45) is 0 Å². The van der Waals surface area contributed by atoms with Crippen molar-refractivity contribution >= 4 is 40.2 Å². The second-order valence-electron chi connectivity index (χ2n) is 14.6. The zero-order valence-corrected chi connectivity index (χ0v) is 25.6. The minimum absolute atomic E-state index is 0.0489. The third-order valence-corrected chi connectivity index (χ3v) is 8.33. The van der Waals surface area contributed by atoms with Gasteiger partial charge in [0.05, 0.1) is 5.48 Å². The van der Waals surface area contributed by atoms with Gasteiger partial charge in [-0.25, -0.2) is 0 Å². The molecule has 0 spiro atoms. The van der Waals surface area contributed by atoms with E-state index < -0.39 is 6.71 Å². The topological polar surface area (TPSA) is 12.5 Å². The van der Waals surface area contributed by atoms with Crippen LogP contribution in [0, 0.1) is 6.92 Å². The molecule has 2 nitrogen and oxygen atoms in total. The van der Waals surface area contributed by atoms with E-state index in [4.69, 9.17) is 10.2 Å². The predicted octanol–water partition coefficient (Wildman–Crippen LogP) is 8.29. The number of ether oxygens (including phenoxy) is 1. The fraction of sp³-hybridized carbons (Fsp3) is 0.351. The van der Waals surface area contributed by atoms with Crippen molar-refractivity contribution < 1.29 is 10.2 Å². The summed E-state index contributed by atoms with van der Waals surface area (Å²) in [7, 11) is 0. The van der Waals surface area contributed by atoms with Gasteiger partial charge in [-0.2, -0.15) is 0 Å². The maximum Gasteiger partial charge on any atom is 0.256 e. The summed E-state index contributed by atoms with van der Waals surface area (Å²) >= 11 is 0. The van der Waals surface area contributed by atoms with Gasteiger partial charge in [-0.1, -0.05) is 98.6 Å². The molecule has 0 aliphatic carbocycles. The Balaban J connectivity index is 1.76. The van der Waals surface area contributed by atoms with Crippen LogP contribution in [0.3, 0.4) is 0 Å². The van der Waals surface area contributed by atoms with Crippen molar-refractivity contribution in [1.82, 2.24) is 0 Å². The van der Waals surface area contributed by atoms with E-state index in [1.807, 2.05) is 6.07 Å². The second-order valence-corrected chi connectivity index (χ2v) is 14.6. The van der Waals surface area contributed by atoms with Gasteiger partial charge < -0.3 is 9.64 Å². The van der Waals surface area contributed by atoms with Crippen LogP contribution in [0.25, 0.3) is 0 Å². The molecule has 0 aromatic heterocycles. The lowest BCUT2D eigenvalue weighted by atomic mass is 9.34. The number of hydrogen-bond donors (Lipinski definition) is 0. The summed E-state index contributed by atoms with van der Waals surface area (Å²) in [6.07, 6.45) is 0. The first-order valence-electron chi connectivity index (χ1n) is 16.3. The Morgan fingerprint density at radius 2 is 1.27 bits per heavy atom. The molecule has 0 saturated carbocycles. The zero-order chi connectivity index (χ0) is 32.3. The quantitative estimate of drug-likeness (QED) is 0.198. The Bertz CT molecular complexity index is 1830. The summed E-state index contributed by atoms with van der Waals surface area (Å²) < 4.78 is 41.2. The van der Waals surface area contributed by atoms with Crippen molar-refractivity contribution in [3.05, 3.63) is 95.0 Å². The van der Waals surface area contributed by atoms with Crippen LogP contribution in [0.1, 0.15) is 90.1 Å². The van der Waals surface area contributed by atoms with Crippen LogP contribution in [0.5, 0.6) is 11.5 Å². The lowest BCUT2D eigenvalue weighted by Crippen LogP contribution is -2.59. The normalized spacial score (nSPS) is 15.8. The van der Waals surface area contributed by atoms with Gasteiger partial charge in [0.25, 0.3) is 6.71 Å². The number of aryl methyl sites for hydroxylation is 1. The molecule has 2 heterocycles. The molecule has 40 heavy (non-hydrogen) atoms. The number of fused-ring (bicyclic) bond motifs is 4. The van der Waals surface area contributed by atoms with E-state index in [0.717, 1.165) is 33.6 Å². The van der Waals surface area contributed by atoms with Crippen molar-refractivity contribution in [3.63, 3.8) is 0 Å². The van der Waals surface area contributed by atoms with Gasteiger partial charge in [0.2, 0.25) is 0 Å². The van der Waals surface area contributed by atoms with Crippen LogP contribution < -0.4 is 26.0 Å². The molecule has 4 aromatic carbocycles. The molecule has 3 heteroatoms. The standard InChI is InChI=1S/C37H42BNO/c1-23-17-31-34-33(18-23)40-32-14-12-11-13-29(32)38(34)28-16-15-24(35(2,3)4)22-30(28)39(31)27-20-25(36(5,6)7)19-26(21-27)37(8,9)10/h11-22H,1-10H3/i11D,12D,13D,14D. The lowest BCUT2D eigenvalue weighted by Gasteiger charge is -2.41. The average Bonchev–Trinajstić information content (AvgIpc) is 2.92. The Morgan fingerprint density at radius 1 is 0.650 bits per heavy atom. The van der Waals surface area contributed by atoms with Crippen LogP contribution in [0.4, 0.5) is 17.1 Å². The van der Waals surface area contributed by atoms with Crippen molar-refractivity contribution in [3.8, 4) is 11.5 Å². The molecular weight excluding hydrogens is 485 g/mol. The smallest absolute Gasteiger partial charge is 0.256 e. The van der Waals surface area contributed by atoms with E-state index in [-0.39, 0.29) is 46.2 Å². The van der Waals surface area contributed by atoms with Gasteiger partial charge >= 0.3 is 0 Å². The third kappa shape index (κ3) is 4.35. The first kappa shape index (κ1) is 22.3. The highest BCUT2D eigenvalue weighted by molar-refractivity contribution is 6.99. The number of benzene rings is 4. The largest absolute Gasteiger partial charge is 0.458 e. The van der Waals surface area contributed by atoms with Crippen LogP contribution in [-0.2, 0) is 16.2 Å². The number of hydrogen-bond acceptors (Lipinski definition) is 2. The molecule has 204 valence electrons. The molecule has 2 aliphatic rings. The predicted molar refractivity (Wildman–Crippen MR) is 173 cm³/mol. The molecule has 6 rings (SSSR count). The van der Waals surface area contributed by atoms with Crippen LogP contribution in [0.2, 0.25) is 0 Å². The molecule has 0 atom stereocenters. The highest BCUT2D eigenvalue weighted by Gasteiger charge is 2.42. The SMILES string of the molecule is [2H]c1c([2H])c([2H])c2c(c1[2H])Oc1cc(C)cc3c1B2c1ccc(C(C)(C)C)cc1N3c1cc(C(C)(C)C)cc(C(C)(C)C)c1. The van der Waals surface area contributed by atoms with Crippen LogP contribution in [-0.4, -0.2) is 6.71 Å². The van der Waals surface area contributed by atoms with Gasteiger partial charge in [0.1, 0.15) is 11.5 Å². The molecule has 0 fully saturated rings. The Hall–Kier alpha value is -3.46. The Labute approximate surface area is 247 Å². The van der Waals surface area contributed by atoms with Gasteiger partial charge in [-0.3, -0.25) is 0 Å². The van der Waals surface area contributed by atoms with Gasteiger partial charge in [0, 0.05) is 17.1 Å². The lowest BCUT2D eigenvalue weighted by molar-refractivity contribution is 0.487. The maximum atomic E-state index is 9.03. The van der Waals surface area contributed by atoms with E-state index in [0.29, 0.717) is 11.2 Å². The minimum Gasteiger partial charge on any atom is -0.458 e. The van der Waals surface area contributed by atoms with Gasteiger partial charge in [0.15, 0.2) is 0 Å². The molecule has 2 aliphatic heterocycles. The summed E-state index contributed by atoms with van der Waals surface area (Å²) in [5, 5.41) is 0. The average molecular weight is 532 g/mol. The molecule has 0 bridgehead atoms. The van der Waals surface area contributed by atoms with E-state index in [9.17, 15) is 0 Å². The van der Waals surface area contributed by atoms with Crippen molar-refractivity contribution in [2.75, 3.05) is 4.90 Å². The van der Waals surface area contributed by atoms with Crippen LogP contribution in [0.15, 0.2) is 72.7 Å². The Kier molecular flexibility index (Phi) is 4.88. The van der Waals surface area contributed by atoms with Crippen LogP contribution >= 0.6 is 0 Å². The molecule has 0 N–H and O–H groups in total. The highest BCUT2D eigenvalue weighted by atomic mass is 16.5. The van der Waals surface area contributed by atoms with Crippen molar-refractivity contribution in [2.45, 2.75) is 85.5 Å². The monoisotopic (exact) mass is 531 g/mol.